The summed E-state index contributed by atoms with van der Waals surface area (Å²) in [5, 5.41) is 0. The Balaban J connectivity index is 1.49. The van der Waals surface area contributed by atoms with Gasteiger partial charge in [0.15, 0.2) is 6.10 Å². The van der Waals surface area contributed by atoms with Crippen molar-refractivity contribution in [1.29, 1.82) is 0 Å². The normalized spacial score (nSPS) is 14.0. The zero-order chi connectivity index (χ0) is 30.3. The van der Waals surface area contributed by atoms with Crippen LogP contribution in [-0.4, -0.2) is 45.6 Å². The molecule has 10 heteroatoms. The molecule has 9 nitrogen and oxygen atoms in total. The predicted octanol–water partition coefficient (Wildman–Crippen LogP) is 5.50. The van der Waals surface area contributed by atoms with Crippen LogP contribution in [0.3, 0.4) is 0 Å². The number of hydrogen-bond donors (Lipinski definition) is 0. The van der Waals surface area contributed by atoms with Gasteiger partial charge in [-0.25, -0.2) is 8.42 Å². The Morgan fingerprint density at radius 3 is 2.55 bits per heavy atom. The highest BCUT2D eigenvalue weighted by Gasteiger charge is 2.27. The lowest BCUT2D eigenvalue weighted by atomic mass is 9.94. The number of ether oxygens (including phenoxy) is 5. The van der Waals surface area contributed by atoms with Crippen molar-refractivity contribution in [2.24, 2.45) is 0 Å². The number of rotatable bonds is 13. The SMILES string of the molecule is CCC(=O)O[C@@H]1COc2cc(OCc3cccc(-c4c(C)cc(OCCCS(C)(=O)=O)cc4COC(C)=O)c3)ccc21. The first-order valence-electron chi connectivity index (χ1n) is 13.8. The molecule has 0 unspecified atom stereocenters. The van der Waals surface area contributed by atoms with Gasteiger partial charge in [-0.3, -0.25) is 9.59 Å². The molecule has 0 saturated heterocycles. The fourth-order valence-corrected chi connectivity index (χ4v) is 5.34. The summed E-state index contributed by atoms with van der Waals surface area (Å²) in [4.78, 5) is 23.3. The van der Waals surface area contributed by atoms with Crippen LogP contribution in [0.4, 0.5) is 0 Å². The minimum Gasteiger partial charge on any atom is -0.494 e. The van der Waals surface area contributed by atoms with Crippen LogP contribution >= 0.6 is 0 Å². The molecule has 0 N–H and O–H groups in total. The van der Waals surface area contributed by atoms with E-state index in [1.807, 2.05) is 55.5 Å². The van der Waals surface area contributed by atoms with Gasteiger partial charge in [-0.2, -0.15) is 0 Å². The van der Waals surface area contributed by atoms with Crippen molar-refractivity contribution in [2.75, 3.05) is 25.2 Å². The second-order valence-electron chi connectivity index (χ2n) is 10.2. The van der Waals surface area contributed by atoms with E-state index in [9.17, 15) is 18.0 Å². The van der Waals surface area contributed by atoms with E-state index in [1.165, 1.54) is 13.2 Å². The Kier molecular flexibility index (Phi) is 10.1. The maximum atomic E-state index is 11.7. The predicted molar refractivity (Wildman–Crippen MR) is 157 cm³/mol. The number of esters is 2. The zero-order valence-electron chi connectivity index (χ0n) is 24.3. The summed E-state index contributed by atoms with van der Waals surface area (Å²) in [6, 6.07) is 17.1. The van der Waals surface area contributed by atoms with Crippen molar-refractivity contribution in [3.63, 3.8) is 0 Å². The summed E-state index contributed by atoms with van der Waals surface area (Å²) in [6.07, 6.45) is 1.48. The molecule has 0 spiro atoms. The topological polar surface area (TPSA) is 114 Å². The molecule has 4 rings (SSSR count). The fourth-order valence-electron chi connectivity index (χ4n) is 4.70. The second kappa shape index (κ2) is 13.7. The number of aryl methyl sites for hydroxylation is 1. The lowest BCUT2D eigenvalue weighted by Gasteiger charge is -2.17. The first-order valence-corrected chi connectivity index (χ1v) is 15.8. The summed E-state index contributed by atoms with van der Waals surface area (Å²) < 4.78 is 51.2. The molecule has 3 aromatic rings. The second-order valence-corrected chi connectivity index (χ2v) is 12.5. The Hall–Kier alpha value is -4.05. The molecule has 0 aliphatic carbocycles. The molecular weight excluding hydrogens is 560 g/mol. The van der Waals surface area contributed by atoms with Crippen LogP contribution in [0.5, 0.6) is 17.2 Å². The minimum absolute atomic E-state index is 0.0482. The number of hydrogen-bond acceptors (Lipinski definition) is 9. The van der Waals surface area contributed by atoms with E-state index in [0.717, 1.165) is 33.4 Å². The molecule has 1 atom stereocenters. The van der Waals surface area contributed by atoms with E-state index >= 15 is 0 Å². The van der Waals surface area contributed by atoms with Gasteiger partial charge in [0.1, 0.15) is 46.9 Å². The highest BCUT2D eigenvalue weighted by Crippen LogP contribution is 2.38. The van der Waals surface area contributed by atoms with Crippen LogP contribution in [-0.2, 0) is 42.1 Å². The lowest BCUT2D eigenvalue weighted by Crippen LogP contribution is -2.11. The maximum Gasteiger partial charge on any atom is 0.306 e. The van der Waals surface area contributed by atoms with Gasteiger partial charge in [0.2, 0.25) is 0 Å². The Morgan fingerprint density at radius 1 is 1.00 bits per heavy atom. The van der Waals surface area contributed by atoms with Crippen molar-refractivity contribution in [3.8, 4) is 28.4 Å². The van der Waals surface area contributed by atoms with Crippen molar-refractivity contribution < 1.29 is 41.7 Å². The van der Waals surface area contributed by atoms with Gasteiger partial charge in [0.25, 0.3) is 0 Å². The molecule has 224 valence electrons. The van der Waals surface area contributed by atoms with Crippen molar-refractivity contribution >= 4 is 21.8 Å². The third kappa shape index (κ3) is 8.48. The highest BCUT2D eigenvalue weighted by atomic mass is 32.2. The highest BCUT2D eigenvalue weighted by molar-refractivity contribution is 7.90. The number of sulfone groups is 1. The third-order valence-electron chi connectivity index (χ3n) is 6.66. The monoisotopic (exact) mass is 596 g/mol. The molecule has 0 amide bonds. The van der Waals surface area contributed by atoms with E-state index in [4.69, 9.17) is 23.7 Å². The zero-order valence-corrected chi connectivity index (χ0v) is 25.1. The Labute approximate surface area is 246 Å². The van der Waals surface area contributed by atoms with E-state index in [-0.39, 0.29) is 31.5 Å². The van der Waals surface area contributed by atoms with Crippen LogP contribution in [0.2, 0.25) is 0 Å². The van der Waals surface area contributed by atoms with Crippen molar-refractivity contribution in [1.82, 2.24) is 0 Å². The first kappa shape index (κ1) is 30.9. The largest absolute Gasteiger partial charge is 0.494 e. The molecule has 0 radical (unpaired) electrons. The van der Waals surface area contributed by atoms with E-state index < -0.39 is 21.9 Å². The van der Waals surface area contributed by atoms with Crippen LogP contribution in [0.15, 0.2) is 54.6 Å². The van der Waals surface area contributed by atoms with Crippen molar-refractivity contribution in [3.05, 3.63) is 76.9 Å². The molecule has 0 saturated carbocycles. The summed E-state index contributed by atoms with van der Waals surface area (Å²) in [7, 11) is -3.06. The van der Waals surface area contributed by atoms with Gasteiger partial charge >= 0.3 is 11.9 Å². The summed E-state index contributed by atoms with van der Waals surface area (Å²) >= 11 is 0. The Morgan fingerprint density at radius 2 is 1.81 bits per heavy atom. The minimum atomic E-state index is -3.06. The van der Waals surface area contributed by atoms with Gasteiger partial charge in [-0.05, 0) is 65.9 Å². The summed E-state index contributed by atoms with van der Waals surface area (Å²) in [5.74, 6) is 1.23. The van der Waals surface area contributed by atoms with E-state index in [1.54, 1.807) is 13.0 Å². The fraction of sp³-hybridized carbons (Fsp3) is 0.375. The molecular formula is C32H36O9S. The molecule has 1 aliphatic heterocycles. The molecule has 1 heterocycles. The quantitative estimate of drug-likeness (QED) is 0.186. The van der Waals surface area contributed by atoms with Gasteiger partial charge in [-0.15, -0.1) is 0 Å². The molecule has 1 aliphatic rings. The average molecular weight is 597 g/mol. The van der Waals surface area contributed by atoms with Crippen LogP contribution in [0, 0.1) is 6.92 Å². The summed E-state index contributed by atoms with van der Waals surface area (Å²) in [5.41, 5.74) is 5.30. The average Bonchev–Trinajstić information content (AvgIpc) is 3.34. The third-order valence-corrected chi connectivity index (χ3v) is 7.69. The van der Waals surface area contributed by atoms with Crippen LogP contribution in [0.1, 0.15) is 55.0 Å². The first-order chi connectivity index (χ1) is 20.0. The van der Waals surface area contributed by atoms with Gasteiger partial charge in [0, 0.05) is 36.8 Å². The van der Waals surface area contributed by atoms with Crippen LogP contribution < -0.4 is 14.2 Å². The molecule has 0 bridgehead atoms. The van der Waals surface area contributed by atoms with Gasteiger partial charge in [0.05, 0.1) is 12.4 Å². The molecule has 0 fully saturated rings. The van der Waals surface area contributed by atoms with Gasteiger partial charge in [-0.1, -0.05) is 25.1 Å². The number of benzene rings is 3. The summed E-state index contributed by atoms with van der Waals surface area (Å²) in [6.45, 7) is 5.98. The standard InChI is InChI=1S/C32H36O9S/c1-5-31(34)41-30-20-40-29-17-26(10-11-28(29)30)39-18-23-8-6-9-24(15-23)32-21(2)14-27(16-25(32)19-38-22(3)33)37-12-7-13-42(4,35)36/h6,8-11,14-17,30H,5,7,12-13,18-20H2,1-4H3/t30-/m1/s1. The Bertz CT molecular complexity index is 1550. The number of carbonyl (C=O) groups is 2. The van der Waals surface area contributed by atoms with Crippen LogP contribution in [0.25, 0.3) is 11.1 Å². The smallest absolute Gasteiger partial charge is 0.306 e. The lowest BCUT2D eigenvalue weighted by molar-refractivity contribution is -0.149. The number of fused-ring (bicyclic) bond motifs is 1. The maximum absolute atomic E-state index is 11.7. The van der Waals surface area contributed by atoms with Gasteiger partial charge < -0.3 is 23.7 Å². The number of carbonyl (C=O) groups excluding carboxylic acids is 2. The van der Waals surface area contributed by atoms with E-state index in [2.05, 4.69) is 0 Å². The van der Waals surface area contributed by atoms with E-state index in [0.29, 0.717) is 36.7 Å². The molecule has 42 heavy (non-hydrogen) atoms. The molecule has 0 aromatic heterocycles. The molecule has 3 aromatic carbocycles. The van der Waals surface area contributed by atoms with Crippen molar-refractivity contribution in [2.45, 2.75) is 52.9 Å².